The maximum absolute atomic E-state index is 11.8. The molecule has 3 rings (SSSR count). The van der Waals surface area contributed by atoms with Crippen LogP contribution in [0.5, 0.6) is 0 Å². The number of carbonyl (C=O) groups excluding carboxylic acids is 1. The Bertz CT molecular complexity index is 630. The quantitative estimate of drug-likeness (QED) is 0.771. The first kappa shape index (κ1) is 13.1. The van der Waals surface area contributed by atoms with Crippen LogP contribution in [0.2, 0.25) is 0 Å². The van der Waals surface area contributed by atoms with Crippen molar-refractivity contribution in [2.75, 3.05) is 7.11 Å². The normalized spacial score (nSPS) is 16.2. The van der Waals surface area contributed by atoms with E-state index in [-0.39, 0.29) is 5.97 Å². The van der Waals surface area contributed by atoms with Gasteiger partial charge < -0.3 is 4.74 Å². The number of pyridine rings is 1. The van der Waals surface area contributed by atoms with Gasteiger partial charge in [-0.25, -0.2) is 9.78 Å². The highest BCUT2D eigenvalue weighted by molar-refractivity contribution is 5.94. The molecule has 0 radical (unpaired) electrons. The van der Waals surface area contributed by atoms with Crippen LogP contribution in [0.1, 0.15) is 54.2 Å². The molecule has 0 atom stereocenters. The first-order valence-corrected chi connectivity index (χ1v) is 7.27. The molecule has 0 bridgehead atoms. The summed E-state index contributed by atoms with van der Waals surface area (Å²) in [4.78, 5) is 16.4. The fourth-order valence-electron chi connectivity index (χ4n) is 3.12. The number of esters is 1. The van der Waals surface area contributed by atoms with Crippen molar-refractivity contribution in [3.8, 4) is 0 Å². The third-order valence-corrected chi connectivity index (χ3v) is 4.16. The zero-order chi connectivity index (χ0) is 13.9. The lowest BCUT2D eigenvalue weighted by Gasteiger charge is -2.22. The molecular weight excluding hydrogens is 250 g/mol. The Kier molecular flexibility index (Phi) is 3.68. The zero-order valence-electron chi connectivity index (χ0n) is 11.8. The number of benzene rings is 1. The fourth-order valence-corrected chi connectivity index (χ4v) is 3.12. The molecule has 3 heteroatoms. The number of ether oxygens (including phenoxy) is 1. The van der Waals surface area contributed by atoms with Gasteiger partial charge in [-0.3, -0.25) is 0 Å². The van der Waals surface area contributed by atoms with Crippen LogP contribution in [0.4, 0.5) is 0 Å². The monoisotopic (exact) mass is 269 g/mol. The maximum Gasteiger partial charge on any atom is 0.356 e. The van der Waals surface area contributed by atoms with Crippen molar-refractivity contribution in [3.05, 3.63) is 41.7 Å². The largest absolute Gasteiger partial charge is 0.464 e. The first-order valence-electron chi connectivity index (χ1n) is 7.27. The number of carbonyl (C=O) groups is 1. The van der Waals surface area contributed by atoms with E-state index < -0.39 is 0 Å². The van der Waals surface area contributed by atoms with Crippen molar-refractivity contribution in [2.45, 2.75) is 38.0 Å². The topological polar surface area (TPSA) is 39.2 Å². The number of nitrogens with zero attached hydrogens (tertiary/aromatic N) is 1. The summed E-state index contributed by atoms with van der Waals surface area (Å²) >= 11 is 0. The molecule has 20 heavy (non-hydrogen) atoms. The van der Waals surface area contributed by atoms with Crippen LogP contribution in [-0.2, 0) is 4.74 Å². The molecule has 1 aromatic heterocycles. The zero-order valence-corrected chi connectivity index (χ0v) is 11.8. The average Bonchev–Trinajstić information content (AvgIpc) is 2.54. The van der Waals surface area contributed by atoms with Gasteiger partial charge in [-0.05, 0) is 24.3 Å². The summed E-state index contributed by atoms with van der Waals surface area (Å²) < 4.78 is 4.83. The minimum atomic E-state index is -0.354. The van der Waals surface area contributed by atoms with Crippen molar-refractivity contribution in [1.82, 2.24) is 4.98 Å². The van der Waals surface area contributed by atoms with E-state index in [4.69, 9.17) is 4.74 Å². The summed E-state index contributed by atoms with van der Waals surface area (Å²) in [6, 6.07) is 10.00. The second-order valence-electron chi connectivity index (χ2n) is 5.44. The van der Waals surface area contributed by atoms with Crippen molar-refractivity contribution < 1.29 is 9.53 Å². The van der Waals surface area contributed by atoms with E-state index in [1.165, 1.54) is 44.6 Å². The molecule has 1 aliphatic carbocycles. The molecule has 2 aromatic rings. The van der Waals surface area contributed by atoms with Gasteiger partial charge in [0.2, 0.25) is 0 Å². The third kappa shape index (κ3) is 2.40. The molecule has 0 unspecified atom stereocenters. The molecule has 3 nitrogen and oxygen atoms in total. The first-order chi connectivity index (χ1) is 9.79. The van der Waals surface area contributed by atoms with Gasteiger partial charge in [-0.15, -0.1) is 0 Å². The summed E-state index contributed by atoms with van der Waals surface area (Å²) in [5.74, 6) is 0.117. The Balaban J connectivity index is 2.13. The van der Waals surface area contributed by atoms with Crippen molar-refractivity contribution in [2.24, 2.45) is 0 Å². The molecule has 0 spiro atoms. The average molecular weight is 269 g/mol. The van der Waals surface area contributed by atoms with Gasteiger partial charge in [0.1, 0.15) is 5.69 Å². The Morgan fingerprint density at radius 3 is 2.70 bits per heavy atom. The lowest BCUT2D eigenvalue weighted by Crippen LogP contribution is -2.11. The molecule has 1 saturated carbocycles. The third-order valence-electron chi connectivity index (χ3n) is 4.16. The number of hydrogen-bond donors (Lipinski definition) is 0. The second-order valence-corrected chi connectivity index (χ2v) is 5.44. The van der Waals surface area contributed by atoms with Gasteiger partial charge in [0, 0.05) is 11.3 Å². The molecule has 0 N–H and O–H groups in total. The van der Waals surface area contributed by atoms with Crippen LogP contribution in [0.25, 0.3) is 10.8 Å². The van der Waals surface area contributed by atoms with E-state index in [2.05, 4.69) is 11.1 Å². The van der Waals surface area contributed by atoms with Crippen molar-refractivity contribution in [3.63, 3.8) is 0 Å². The summed E-state index contributed by atoms with van der Waals surface area (Å²) in [6.07, 6.45) is 6.15. The van der Waals surface area contributed by atoms with Crippen LogP contribution >= 0.6 is 0 Å². The Hall–Kier alpha value is -1.90. The predicted octanol–water partition coefficient (Wildman–Crippen LogP) is 4.07. The van der Waals surface area contributed by atoms with E-state index >= 15 is 0 Å². The van der Waals surface area contributed by atoms with Crippen LogP contribution in [0.3, 0.4) is 0 Å². The number of rotatable bonds is 2. The second kappa shape index (κ2) is 5.61. The van der Waals surface area contributed by atoms with Crippen LogP contribution in [-0.4, -0.2) is 18.1 Å². The van der Waals surface area contributed by atoms with E-state index in [1.807, 2.05) is 24.3 Å². The van der Waals surface area contributed by atoms with Gasteiger partial charge >= 0.3 is 5.97 Å². The van der Waals surface area contributed by atoms with Gasteiger partial charge in [-0.2, -0.15) is 0 Å². The van der Waals surface area contributed by atoms with E-state index in [9.17, 15) is 4.79 Å². The molecule has 1 aromatic carbocycles. The molecule has 0 saturated heterocycles. The Labute approximate surface area is 119 Å². The highest BCUT2D eigenvalue weighted by Gasteiger charge is 2.21. The van der Waals surface area contributed by atoms with Gasteiger partial charge in [0.15, 0.2) is 0 Å². The standard InChI is InChI=1S/C17H19NO2/c1-20-17(19)15-11-13-9-5-6-10-14(13)16(18-15)12-7-3-2-4-8-12/h5-6,9-12H,2-4,7-8H2,1H3. The highest BCUT2D eigenvalue weighted by Crippen LogP contribution is 2.35. The number of fused-ring (bicyclic) bond motifs is 1. The number of methoxy groups -OCH3 is 1. The minimum Gasteiger partial charge on any atom is -0.464 e. The van der Waals surface area contributed by atoms with Crippen molar-refractivity contribution >= 4 is 16.7 Å². The SMILES string of the molecule is COC(=O)c1cc2ccccc2c(C2CCCCC2)n1. The van der Waals surface area contributed by atoms with Crippen LogP contribution in [0.15, 0.2) is 30.3 Å². The summed E-state index contributed by atoms with van der Waals surface area (Å²) in [6.45, 7) is 0. The summed E-state index contributed by atoms with van der Waals surface area (Å²) in [5.41, 5.74) is 1.50. The van der Waals surface area contributed by atoms with Crippen LogP contribution < -0.4 is 0 Å². The molecule has 0 amide bonds. The summed E-state index contributed by atoms with van der Waals surface area (Å²) in [5, 5.41) is 2.25. The maximum atomic E-state index is 11.8. The predicted molar refractivity (Wildman–Crippen MR) is 78.9 cm³/mol. The lowest BCUT2D eigenvalue weighted by molar-refractivity contribution is 0.0594. The van der Waals surface area contributed by atoms with Gasteiger partial charge in [0.25, 0.3) is 0 Å². The molecule has 0 aliphatic heterocycles. The van der Waals surface area contributed by atoms with Gasteiger partial charge in [0.05, 0.1) is 12.8 Å². The minimum absolute atomic E-state index is 0.354. The van der Waals surface area contributed by atoms with Crippen molar-refractivity contribution in [1.29, 1.82) is 0 Å². The number of hydrogen-bond acceptors (Lipinski definition) is 3. The molecule has 1 aliphatic rings. The van der Waals surface area contributed by atoms with Crippen LogP contribution in [0, 0.1) is 0 Å². The Morgan fingerprint density at radius 1 is 1.20 bits per heavy atom. The summed E-state index contributed by atoms with van der Waals surface area (Å²) in [7, 11) is 1.40. The van der Waals surface area contributed by atoms with E-state index in [0.29, 0.717) is 11.6 Å². The molecule has 1 fully saturated rings. The van der Waals surface area contributed by atoms with E-state index in [0.717, 1.165) is 11.1 Å². The molecule has 104 valence electrons. The lowest BCUT2D eigenvalue weighted by atomic mass is 9.85. The van der Waals surface area contributed by atoms with Gasteiger partial charge in [-0.1, -0.05) is 43.5 Å². The molecule has 1 heterocycles. The number of aromatic nitrogens is 1. The smallest absolute Gasteiger partial charge is 0.356 e. The van der Waals surface area contributed by atoms with E-state index in [1.54, 1.807) is 0 Å². The fraction of sp³-hybridized carbons (Fsp3) is 0.412. The highest BCUT2D eigenvalue weighted by atomic mass is 16.5. The molecular formula is C17H19NO2. The Morgan fingerprint density at radius 2 is 1.95 bits per heavy atom.